The van der Waals surface area contributed by atoms with Crippen molar-refractivity contribution in [2.45, 2.75) is 25.9 Å². The van der Waals surface area contributed by atoms with Gasteiger partial charge in [-0.05, 0) is 43.6 Å². The summed E-state index contributed by atoms with van der Waals surface area (Å²) in [4.78, 5) is 19.3. The first-order valence-electron chi connectivity index (χ1n) is 10.5. The number of piperidine rings is 1. The van der Waals surface area contributed by atoms with Crippen molar-refractivity contribution in [2.75, 3.05) is 26.2 Å². The second-order valence-electron chi connectivity index (χ2n) is 7.45. The molecular weight excluding hydrogens is 378 g/mol. The smallest absolute Gasteiger partial charge is 0.258 e. The molecule has 2 aromatic heterocycles. The van der Waals surface area contributed by atoms with Gasteiger partial charge in [0.15, 0.2) is 0 Å². The van der Waals surface area contributed by atoms with E-state index in [0.29, 0.717) is 30.5 Å². The van der Waals surface area contributed by atoms with Crippen molar-refractivity contribution in [3.63, 3.8) is 0 Å². The van der Waals surface area contributed by atoms with Gasteiger partial charge >= 0.3 is 0 Å². The molecule has 0 N–H and O–H groups in total. The SMILES string of the molecule is O=c1cc(OCc2ccccc2)ccn1-c1ccc(OCCN2CCCCC2)nc1. The maximum absolute atomic E-state index is 12.5. The quantitative estimate of drug-likeness (QED) is 0.572. The zero-order chi connectivity index (χ0) is 20.6. The molecule has 156 valence electrons. The Morgan fingerprint density at radius 1 is 0.933 bits per heavy atom. The third-order valence-corrected chi connectivity index (χ3v) is 5.24. The summed E-state index contributed by atoms with van der Waals surface area (Å²) in [5.41, 5.74) is 1.58. The van der Waals surface area contributed by atoms with Gasteiger partial charge in [-0.3, -0.25) is 14.3 Å². The molecule has 0 atom stereocenters. The predicted octanol–water partition coefficient (Wildman–Crippen LogP) is 3.68. The highest BCUT2D eigenvalue weighted by Gasteiger charge is 2.10. The summed E-state index contributed by atoms with van der Waals surface area (Å²) < 4.78 is 13.0. The van der Waals surface area contributed by atoms with Crippen LogP contribution >= 0.6 is 0 Å². The first-order chi connectivity index (χ1) is 14.8. The molecule has 6 heteroatoms. The van der Waals surface area contributed by atoms with Crippen molar-refractivity contribution in [3.05, 3.63) is 82.9 Å². The third-order valence-electron chi connectivity index (χ3n) is 5.24. The van der Waals surface area contributed by atoms with Crippen LogP contribution < -0.4 is 15.0 Å². The van der Waals surface area contributed by atoms with Gasteiger partial charge in [-0.25, -0.2) is 4.98 Å². The van der Waals surface area contributed by atoms with Crippen molar-refractivity contribution in [3.8, 4) is 17.3 Å². The van der Waals surface area contributed by atoms with E-state index in [1.165, 1.54) is 25.3 Å². The van der Waals surface area contributed by atoms with Crippen LogP contribution in [0.3, 0.4) is 0 Å². The Labute approximate surface area is 176 Å². The Kier molecular flexibility index (Phi) is 6.77. The fraction of sp³-hybridized carbons (Fsp3) is 0.333. The lowest BCUT2D eigenvalue weighted by Crippen LogP contribution is -2.33. The summed E-state index contributed by atoms with van der Waals surface area (Å²) >= 11 is 0. The van der Waals surface area contributed by atoms with Gasteiger partial charge in [0, 0.05) is 24.9 Å². The highest BCUT2D eigenvalue weighted by Crippen LogP contribution is 2.14. The molecule has 0 spiro atoms. The van der Waals surface area contributed by atoms with Crippen molar-refractivity contribution < 1.29 is 9.47 Å². The molecule has 1 saturated heterocycles. The van der Waals surface area contributed by atoms with Crippen LogP contribution in [0.1, 0.15) is 24.8 Å². The van der Waals surface area contributed by atoms with Crippen LogP contribution in [-0.2, 0) is 6.61 Å². The van der Waals surface area contributed by atoms with Gasteiger partial charge in [0.25, 0.3) is 5.56 Å². The lowest BCUT2D eigenvalue weighted by molar-refractivity contribution is 0.180. The van der Waals surface area contributed by atoms with Gasteiger partial charge in [-0.1, -0.05) is 36.8 Å². The van der Waals surface area contributed by atoms with Crippen LogP contribution in [0.15, 0.2) is 71.8 Å². The molecule has 1 fully saturated rings. The zero-order valence-electron chi connectivity index (χ0n) is 17.1. The highest BCUT2D eigenvalue weighted by atomic mass is 16.5. The van der Waals surface area contributed by atoms with E-state index in [4.69, 9.17) is 9.47 Å². The molecule has 0 amide bonds. The summed E-state index contributed by atoms with van der Waals surface area (Å²) in [5, 5.41) is 0. The summed E-state index contributed by atoms with van der Waals surface area (Å²) in [6.45, 7) is 4.29. The van der Waals surface area contributed by atoms with E-state index in [9.17, 15) is 4.79 Å². The monoisotopic (exact) mass is 405 g/mol. The number of benzene rings is 1. The molecular formula is C24H27N3O3. The number of hydrogen-bond acceptors (Lipinski definition) is 5. The number of aromatic nitrogens is 2. The van der Waals surface area contributed by atoms with Crippen molar-refractivity contribution >= 4 is 0 Å². The number of pyridine rings is 2. The van der Waals surface area contributed by atoms with Gasteiger partial charge in [0.2, 0.25) is 5.88 Å². The molecule has 6 nitrogen and oxygen atoms in total. The van der Waals surface area contributed by atoms with Gasteiger partial charge in [0.1, 0.15) is 19.0 Å². The molecule has 0 unspecified atom stereocenters. The lowest BCUT2D eigenvalue weighted by atomic mass is 10.1. The van der Waals surface area contributed by atoms with E-state index in [0.717, 1.165) is 25.2 Å². The second kappa shape index (κ2) is 10.1. The number of rotatable bonds is 8. The predicted molar refractivity (Wildman–Crippen MR) is 116 cm³/mol. The largest absolute Gasteiger partial charge is 0.489 e. The van der Waals surface area contributed by atoms with E-state index in [2.05, 4.69) is 9.88 Å². The molecule has 3 heterocycles. The third kappa shape index (κ3) is 5.48. The van der Waals surface area contributed by atoms with E-state index in [-0.39, 0.29) is 5.56 Å². The van der Waals surface area contributed by atoms with E-state index in [1.807, 2.05) is 36.4 Å². The van der Waals surface area contributed by atoms with E-state index in [1.54, 1.807) is 29.1 Å². The number of hydrogen-bond donors (Lipinski definition) is 0. The number of likely N-dealkylation sites (tertiary alicyclic amines) is 1. The van der Waals surface area contributed by atoms with Gasteiger partial charge in [0.05, 0.1) is 11.9 Å². The van der Waals surface area contributed by atoms with Crippen LogP contribution in [0.2, 0.25) is 0 Å². The minimum atomic E-state index is -0.166. The van der Waals surface area contributed by atoms with Crippen LogP contribution in [0, 0.1) is 0 Å². The minimum Gasteiger partial charge on any atom is -0.489 e. The molecule has 1 aliphatic rings. The maximum atomic E-state index is 12.5. The molecule has 0 radical (unpaired) electrons. The molecule has 4 rings (SSSR count). The van der Waals surface area contributed by atoms with Gasteiger partial charge in [-0.15, -0.1) is 0 Å². The molecule has 0 saturated carbocycles. The lowest BCUT2D eigenvalue weighted by Gasteiger charge is -2.26. The first kappa shape index (κ1) is 20.2. The molecule has 1 aromatic carbocycles. The highest BCUT2D eigenvalue weighted by molar-refractivity contribution is 5.33. The Balaban J connectivity index is 1.32. The topological polar surface area (TPSA) is 56.6 Å². The Morgan fingerprint density at radius 2 is 1.77 bits per heavy atom. The van der Waals surface area contributed by atoms with Crippen LogP contribution in [0.4, 0.5) is 0 Å². The normalized spacial score (nSPS) is 14.4. The maximum Gasteiger partial charge on any atom is 0.258 e. The molecule has 1 aliphatic heterocycles. The van der Waals surface area contributed by atoms with Crippen LogP contribution in [0.25, 0.3) is 5.69 Å². The standard InChI is InChI=1S/C24H27N3O3/c28-24-17-22(30-19-20-7-3-1-4-8-20)11-14-27(24)21-9-10-23(25-18-21)29-16-15-26-12-5-2-6-13-26/h1,3-4,7-11,14,17-18H,2,5-6,12-13,15-16,19H2. The van der Waals surface area contributed by atoms with Crippen molar-refractivity contribution in [1.29, 1.82) is 0 Å². The average molecular weight is 405 g/mol. The second-order valence-corrected chi connectivity index (χ2v) is 7.45. The summed E-state index contributed by atoms with van der Waals surface area (Å²) in [6, 6.07) is 16.8. The first-order valence-corrected chi connectivity index (χ1v) is 10.5. The summed E-state index contributed by atoms with van der Waals surface area (Å²) in [5.74, 6) is 1.12. The summed E-state index contributed by atoms with van der Waals surface area (Å²) in [6.07, 6.45) is 7.24. The minimum absolute atomic E-state index is 0.166. The summed E-state index contributed by atoms with van der Waals surface area (Å²) in [7, 11) is 0. The number of ether oxygens (including phenoxy) is 2. The van der Waals surface area contributed by atoms with Crippen molar-refractivity contribution in [1.82, 2.24) is 14.5 Å². The van der Waals surface area contributed by atoms with Crippen LogP contribution in [0.5, 0.6) is 11.6 Å². The molecule has 3 aromatic rings. The van der Waals surface area contributed by atoms with E-state index >= 15 is 0 Å². The Bertz CT molecular complexity index is 981. The van der Waals surface area contributed by atoms with Gasteiger partial charge in [-0.2, -0.15) is 0 Å². The van der Waals surface area contributed by atoms with E-state index < -0.39 is 0 Å². The fourth-order valence-electron chi connectivity index (χ4n) is 3.57. The average Bonchev–Trinajstić information content (AvgIpc) is 2.80. The van der Waals surface area contributed by atoms with Gasteiger partial charge < -0.3 is 9.47 Å². The fourth-order valence-corrected chi connectivity index (χ4v) is 3.57. The molecule has 30 heavy (non-hydrogen) atoms. The Morgan fingerprint density at radius 3 is 2.50 bits per heavy atom. The van der Waals surface area contributed by atoms with Crippen molar-refractivity contribution in [2.24, 2.45) is 0 Å². The number of nitrogens with zero attached hydrogens (tertiary/aromatic N) is 3. The van der Waals surface area contributed by atoms with Crippen LogP contribution in [-0.4, -0.2) is 40.7 Å². The molecule has 0 bridgehead atoms. The zero-order valence-corrected chi connectivity index (χ0v) is 17.1. The Hall–Kier alpha value is -3.12. The molecule has 0 aliphatic carbocycles.